The molecule has 0 N–H and O–H groups in total. The van der Waals surface area contributed by atoms with E-state index in [1.807, 2.05) is 24.3 Å². The first kappa shape index (κ1) is 23.7. The molecule has 0 fully saturated rings. The third-order valence-electron chi connectivity index (χ3n) is 6.30. The summed E-state index contributed by atoms with van der Waals surface area (Å²) in [6.45, 7) is 6.96. The highest BCUT2D eigenvalue weighted by Gasteiger charge is 2.21. The number of ether oxygens (including phenoxy) is 2. The third-order valence-corrected chi connectivity index (χ3v) is 6.30. The van der Waals surface area contributed by atoms with Crippen molar-refractivity contribution < 1.29 is 14.3 Å². The lowest BCUT2D eigenvalue weighted by Crippen LogP contribution is -2.28. The van der Waals surface area contributed by atoms with E-state index in [9.17, 15) is 9.59 Å². The lowest BCUT2D eigenvalue weighted by atomic mass is 9.90. The Hall–Kier alpha value is -3.45. The lowest BCUT2D eigenvalue weighted by Gasteiger charge is -2.19. The van der Waals surface area contributed by atoms with Gasteiger partial charge < -0.3 is 14.4 Å². The Morgan fingerprint density at radius 1 is 1.18 bits per heavy atom. The number of carbonyl (C=O) groups is 1. The molecule has 1 aliphatic carbocycles. The molecule has 2 aromatic heterocycles. The predicted molar refractivity (Wildman–Crippen MR) is 133 cm³/mol. The first-order valence-corrected chi connectivity index (χ1v) is 11.8. The van der Waals surface area contributed by atoms with Gasteiger partial charge in [-0.3, -0.25) is 9.20 Å². The molecule has 0 amide bonds. The standard InChI is InChI=1S/C27H31N3O4/c1-4-29(5-2)14-15-34-27(32)21-12-13-24-28-25-20(16-19-8-6-10-22(17-19)33-3)9-7-11-23(25)26(31)30(24)18-21/h6,8,10,12-13,16-18H,4-5,7,9,11,14-15H2,1-3H3. The van der Waals surface area contributed by atoms with E-state index in [1.54, 1.807) is 25.4 Å². The number of benzene rings is 1. The number of fused-ring (bicyclic) bond motifs is 2. The Morgan fingerprint density at radius 3 is 2.76 bits per heavy atom. The van der Waals surface area contributed by atoms with E-state index in [1.165, 1.54) is 4.40 Å². The molecule has 0 spiro atoms. The van der Waals surface area contributed by atoms with Crippen molar-refractivity contribution in [2.75, 3.05) is 33.4 Å². The quantitative estimate of drug-likeness (QED) is 0.471. The summed E-state index contributed by atoms with van der Waals surface area (Å²) in [6.07, 6.45) is 6.01. The maximum Gasteiger partial charge on any atom is 0.339 e. The van der Waals surface area contributed by atoms with Crippen molar-refractivity contribution in [2.24, 2.45) is 0 Å². The van der Waals surface area contributed by atoms with Crippen LogP contribution in [-0.2, 0) is 11.2 Å². The number of methoxy groups -OCH3 is 1. The molecule has 0 radical (unpaired) electrons. The van der Waals surface area contributed by atoms with Gasteiger partial charge in [-0.1, -0.05) is 26.0 Å². The highest BCUT2D eigenvalue weighted by atomic mass is 16.5. The van der Waals surface area contributed by atoms with Crippen LogP contribution < -0.4 is 10.3 Å². The fourth-order valence-electron chi connectivity index (χ4n) is 4.32. The van der Waals surface area contributed by atoms with E-state index in [4.69, 9.17) is 14.5 Å². The van der Waals surface area contributed by atoms with Crippen molar-refractivity contribution in [3.05, 3.63) is 75.3 Å². The van der Waals surface area contributed by atoms with Gasteiger partial charge >= 0.3 is 5.97 Å². The maximum absolute atomic E-state index is 13.3. The SMILES string of the molecule is CCN(CC)CCOC(=O)c1ccc2nc3c(c(=O)n2c1)CCCC3=Cc1cccc(OC)c1. The summed E-state index contributed by atoms with van der Waals surface area (Å²) in [5.74, 6) is 0.353. The van der Waals surface area contributed by atoms with Crippen LogP contribution in [0.4, 0.5) is 0 Å². The van der Waals surface area contributed by atoms with Crippen molar-refractivity contribution in [3.8, 4) is 5.75 Å². The van der Waals surface area contributed by atoms with E-state index in [2.05, 4.69) is 24.8 Å². The molecular formula is C27H31N3O4. The summed E-state index contributed by atoms with van der Waals surface area (Å²) in [6, 6.07) is 11.2. The van der Waals surface area contributed by atoms with Gasteiger partial charge in [0.1, 0.15) is 18.0 Å². The number of allylic oxidation sites excluding steroid dienone is 1. The van der Waals surface area contributed by atoms with Crippen molar-refractivity contribution in [3.63, 3.8) is 0 Å². The highest BCUT2D eigenvalue weighted by Crippen LogP contribution is 2.30. The molecule has 0 atom stereocenters. The van der Waals surface area contributed by atoms with Crippen molar-refractivity contribution in [1.82, 2.24) is 14.3 Å². The number of hydrogen-bond acceptors (Lipinski definition) is 6. The Balaban J connectivity index is 1.63. The molecule has 0 saturated heterocycles. The predicted octanol–water partition coefficient (Wildman–Crippen LogP) is 4.08. The summed E-state index contributed by atoms with van der Waals surface area (Å²) in [5.41, 5.74) is 4.20. The number of aromatic nitrogens is 2. The summed E-state index contributed by atoms with van der Waals surface area (Å²) in [4.78, 5) is 32.9. The van der Waals surface area contributed by atoms with Gasteiger partial charge in [0.15, 0.2) is 0 Å². The first-order chi connectivity index (χ1) is 16.5. The fourth-order valence-corrected chi connectivity index (χ4v) is 4.32. The average molecular weight is 462 g/mol. The molecule has 34 heavy (non-hydrogen) atoms. The van der Waals surface area contributed by atoms with Crippen LogP contribution in [0.15, 0.2) is 47.4 Å². The molecule has 0 bridgehead atoms. The molecule has 0 aliphatic heterocycles. The zero-order valence-corrected chi connectivity index (χ0v) is 20.0. The van der Waals surface area contributed by atoms with Crippen molar-refractivity contribution in [1.29, 1.82) is 0 Å². The summed E-state index contributed by atoms with van der Waals surface area (Å²) in [7, 11) is 1.64. The van der Waals surface area contributed by atoms with Gasteiger partial charge in [0.05, 0.1) is 18.4 Å². The Morgan fingerprint density at radius 2 is 2.00 bits per heavy atom. The number of rotatable bonds is 8. The third kappa shape index (κ3) is 5.04. The van der Waals surface area contributed by atoms with Crippen LogP contribution in [0.3, 0.4) is 0 Å². The van der Waals surface area contributed by atoms with Gasteiger partial charge in [0.25, 0.3) is 5.56 Å². The molecule has 7 heteroatoms. The molecule has 1 aromatic carbocycles. The van der Waals surface area contributed by atoms with Crippen molar-refractivity contribution >= 4 is 23.3 Å². The van der Waals surface area contributed by atoms with Gasteiger partial charge in [0, 0.05) is 18.3 Å². The topological polar surface area (TPSA) is 73.1 Å². The number of likely N-dealkylation sites (N-methyl/N-ethyl adjacent to an activating group) is 1. The molecule has 1 aliphatic rings. The summed E-state index contributed by atoms with van der Waals surface area (Å²) in [5, 5.41) is 0. The van der Waals surface area contributed by atoms with Crippen LogP contribution in [0, 0.1) is 0 Å². The minimum absolute atomic E-state index is 0.131. The average Bonchev–Trinajstić information content (AvgIpc) is 2.87. The van der Waals surface area contributed by atoms with Crippen LogP contribution in [-0.4, -0.2) is 53.6 Å². The van der Waals surface area contributed by atoms with Gasteiger partial charge in [-0.2, -0.15) is 0 Å². The molecule has 7 nitrogen and oxygen atoms in total. The Labute approximate surface area is 199 Å². The molecule has 2 heterocycles. The van der Waals surface area contributed by atoms with Crippen LogP contribution in [0.5, 0.6) is 5.75 Å². The second-order valence-electron chi connectivity index (χ2n) is 8.35. The van der Waals surface area contributed by atoms with Gasteiger partial charge in [-0.05, 0) is 73.8 Å². The molecule has 178 valence electrons. The van der Waals surface area contributed by atoms with Gasteiger partial charge in [-0.15, -0.1) is 0 Å². The van der Waals surface area contributed by atoms with Crippen LogP contribution in [0.25, 0.3) is 17.3 Å². The monoisotopic (exact) mass is 461 g/mol. The number of hydrogen-bond donors (Lipinski definition) is 0. The van der Waals surface area contributed by atoms with E-state index in [0.29, 0.717) is 36.3 Å². The minimum Gasteiger partial charge on any atom is -0.497 e. The molecular weight excluding hydrogens is 430 g/mol. The maximum atomic E-state index is 13.3. The van der Waals surface area contributed by atoms with E-state index < -0.39 is 5.97 Å². The Kier molecular flexibility index (Phi) is 7.43. The summed E-state index contributed by atoms with van der Waals surface area (Å²) < 4.78 is 12.2. The van der Waals surface area contributed by atoms with Crippen LogP contribution >= 0.6 is 0 Å². The normalized spacial score (nSPS) is 14.4. The van der Waals surface area contributed by atoms with Gasteiger partial charge in [0.2, 0.25) is 0 Å². The molecule has 3 aromatic rings. The molecule has 0 unspecified atom stereocenters. The smallest absolute Gasteiger partial charge is 0.339 e. The largest absolute Gasteiger partial charge is 0.497 e. The second-order valence-corrected chi connectivity index (χ2v) is 8.35. The minimum atomic E-state index is -0.433. The lowest BCUT2D eigenvalue weighted by molar-refractivity contribution is 0.0466. The number of esters is 1. The fraction of sp³-hybridized carbons (Fsp3) is 0.370. The molecule has 0 saturated carbocycles. The number of pyridine rings is 1. The zero-order valence-electron chi connectivity index (χ0n) is 20.0. The van der Waals surface area contributed by atoms with Crippen LogP contribution in [0.2, 0.25) is 0 Å². The number of carbonyl (C=O) groups excluding carboxylic acids is 1. The second kappa shape index (κ2) is 10.7. The van der Waals surface area contributed by atoms with E-state index in [0.717, 1.165) is 48.5 Å². The zero-order chi connectivity index (χ0) is 24.1. The van der Waals surface area contributed by atoms with Crippen LogP contribution in [0.1, 0.15) is 53.9 Å². The summed E-state index contributed by atoms with van der Waals surface area (Å²) >= 11 is 0. The van der Waals surface area contributed by atoms with E-state index >= 15 is 0 Å². The number of nitrogens with zero attached hydrogens (tertiary/aromatic N) is 3. The van der Waals surface area contributed by atoms with Crippen molar-refractivity contribution in [2.45, 2.75) is 33.1 Å². The van der Waals surface area contributed by atoms with Gasteiger partial charge in [-0.25, -0.2) is 9.78 Å². The highest BCUT2D eigenvalue weighted by molar-refractivity contribution is 5.89. The first-order valence-electron chi connectivity index (χ1n) is 11.8. The molecule has 4 rings (SSSR count). The Bertz CT molecular complexity index is 1270. The van der Waals surface area contributed by atoms with E-state index in [-0.39, 0.29) is 5.56 Å².